The number of aliphatic hydroxyl groups is 1. The van der Waals surface area contributed by atoms with Gasteiger partial charge in [-0.25, -0.2) is 0 Å². The molecule has 0 aliphatic carbocycles. The van der Waals surface area contributed by atoms with Crippen molar-refractivity contribution in [3.8, 4) is 0 Å². The van der Waals surface area contributed by atoms with Gasteiger partial charge in [0.25, 0.3) is 0 Å². The van der Waals surface area contributed by atoms with Crippen LogP contribution < -0.4 is 4.72 Å². The summed E-state index contributed by atoms with van der Waals surface area (Å²) in [6, 6.07) is 5.08. The Kier molecular flexibility index (Phi) is 4.90. The lowest BCUT2D eigenvalue weighted by Crippen LogP contribution is -2.42. The van der Waals surface area contributed by atoms with Crippen molar-refractivity contribution in [1.82, 2.24) is 4.31 Å². The molecule has 0 radical (unpaired) electrons. The van der Waals surface area contributed by atoms with E-state index in [1.54, 1.807) is 18.2 Å². The van der Waals surface area contributed by atoms with Gasteiger partial charge in [0, 0.05) is 24.7 Å². The molecule has 0 aromatic heterocycles. The Morgan fingerprint density at radius 2 is 2.05 bits per heavy atom. The molecule has 1 aliphatic rings. The van der Waals surface area contributed by atoms with E-state index in [4.69, 9.17) is 16.7 Å². The molecule has 112 valence electrons. The third-order valence-electron chi connectivity index (χ3n) is 3.59. The zero-order valence-electron chi connectivity index (χ0n) is 11.3. The second-order valence-electron chi connectivity index (χ2n) is 5.10. The highest BCUT2D eigenvalue weighted by atomic mass is 35.5. The van der Waals surface area contributed by atoms with E-state index in [9.17, 15) is 8.42 Å². The Morgan fingerprint density at radius 1 is 1.40 bits per heavy atom. The van der Waals surface area contributed by atoms with Gasteiger partial charge < -0.3 is 5.11 Å². The van der Waals surface area contributed by atoms with Crippen LogP contribution in [0.3, 0.4) is 0 Å². The fourth-order valence-electron chi connectivity index (χ4n) is 2.20. The number of benzene rings is 1. The molecule has 1 aromatic carbocycles. The van der Waals surface area contributed by atoms with Crippen LogP contribution in [0.5, 0.6) is 0 Å². The Hall–Kier alpha value is -0.820. The molecule has 1 fully saturated rings. The van der Waals surface area contributed by atoms with Crippen molar-refractivity contribution in [2.45, 2.75) is 19.8 Å². The van der Waals surface area contributed by atoms with E-state index in [2.05, 4.69) is 4.72 Å². The van der Waals surface area contributed by atoms with E-state index in [0.29, 0.717) is 36.6 Å². The molecule has 1 aliphatic heterocycles. The second-order valence-corrected chi connectivity index (χ2v) is 7.17. The summed E-state index contributed by atoms with van der Waals surface area (Å²) in [4.78, 5) is 0. The van der Waals surface area contributed by atoms with Gasteiger partial charge in [-0.1, -0.05) is 17.7 Å². The molecule has 0 saturated carbocycles. The first-order valence-electron chi connectivity index (χ1n) is 6.57. The highest BCUT2D eigenvalue weighted by molar-refractivity contribution is 7.90. The van der Waals surface area contributed by atoms with Gasteiger partial charge in [-0.05, 0) is 43.4 Å². The third-order valence-corrected chi connectivity index (χ3v) is 5.54. The second kappa shape index (κ2) is 6.30. The van der Waals surface area contributed by atoms with Gasteiger partial charge in [-0.15, -0.1) is 0 Å². The van der Waals surface area contributed by atoms with E-state index in [1.165, 1.54) is 4.31 Å². The fraction of sp³-hybridized carbons (Fsp3) is 0.538. The number of anilines is 1. The Labute approximate surface area is 124 Å². The number of hydrogen-bond acceptors (Lipinski definition) is 3. The highest BCUT2D eigenvalue weighted by Crippen LogP contribution is 2.23. The van der Waals surface area contributed by atoms with Crippen molar-refractivity contribution < 1.29 is 13.5 Å². The molecule has 0 bridgehead atoms. The number of piperidine rings is 1. The first kappa shape index (κ1) is 15.6. The maximum Gasteiger partial charge on any atom is 0.301 e. The Bertz CT molecular complexity index is 569. The molecule has 0 spiro atoms. The van der Waals surface area contributed by atoms with Crippen molar-refractivity contribution in [2.24, 2.45) is 5.92 Å². The van der Waals surface area contributed by atoms with Crippen LogP contribution in [-0.2, 0) is 10.2 Å². The summed E-state index contributed by atoms with van der Waals surface area (Å²) in [6.45, 7) is 2.84. The van der Waals surface area contributed by atoms with Gasteiger partial charge in [-0.2, -0.15) is 12.7 Å². The number of aryl methyl sites for hydroxylation is 1. The zero-order chi connectivity index (χ0) is 14.8. The van der Waals surface area contributed by atoms with Gasteiger partial charge in [0.05, 0.1) is 5.69 Å². The lowest BCUT2D eigenvalue weighted by Gasteiger charge is -2.30. The first-order valence-corrected chi connectivity index (χ1v) is 8.39. The normalized spacial score (nSPS) is 18.1. The van der Waals surface area contributed by atoms with Crippen LogP contribution in [0.15, 0.2) is 18.2 Å². The topological polar surface area (TPSA) is 69.6 Å². The molecule has 2 rings (SSSR count). The molecule has 5 nitrogen and oxygen atoms in total. The quantitative estimate of drug-likeness (QED) is 0.892. The summed E-state index contributed by atoms with van der Waals surface area (Å²) >= 11 is 5.99. The average Bonchev–Trinajstić information content (AvgIpc) is 2.43. The van der Waals surface area contributed by atoms with Crippen molar-refractivity contribution >= 4 is 27.5 Å². The van der Waals surface area contributed by atoms with Gasteiger partial charge in [-0.3, -0.25) is 4.72 Å². The summed E-state index contributed by atoms with van der Waals surface area (Å²) in [5, 5.41) is 9.61. The lowest BCUT2D eigenvalue weighted by molar-refractivity contribution is 0.170. The molecule has 1 heterocycles. The van der Waals surface area contributed by atoms with Crippen LogP contribution in [0.25, 0.3) is 0 Å². The van der Waals surface area contributed by atoms with Gasteiger partial charge >= 0.3 is 10.2 Å². The summed E-state index contributed by atoms with van der Waals surface area (Å²) in [5.74, 6) is 0.204. The summed E-state index contributed by atoms with van der Waals surface area (Å²) in [7, 11) is -3.55. The van der Waals surface area contributed by atoms with Gasteiger partial charge in [0.2, 0.25) is 0 Å². The van der Waals surface area contributed by atoms with Crippen molar-refractivity contribution in [1.29, 1.82) is 0 Å². The molecule has 1 saturated heterocycles. The van der Waals surface area contributed by atoms with Crippen LogP contribution in [0.2, 0.25) is 5.02 Å². The third kappa shape index (κ3) is 3.63. The minimum absolute atomic E-state index is 0.120. The largest absolute Gasteiger partial charge is 0.396 e. The lowest BCUT2D eigenvalue weighted by atomic mass is 10.00. The maximum absolute atomic E-state index is 12.3. The molecule has 0 atom stereocenters. The molecular formula is C13H19ClN2O3S. The highest BCUT2D eigenvalue weighted by Gasteiger charge is 2.27. The summed E-state index contributed by atoms with van der Waals surface area (Å²) in [6.07, 6.45) is 1.37. The van der Waals surface area contributed by atoms with Gasteiger partial charge in [0.15, 0.2) is 0 Å². The summed E-state index contributed by atoms with van der Waals surface area (Å²) in [5.41, 5.74) is 1.36. The predicted molar refractivity (Wildman–Crippen MR) is 80.1 cm³/mol. The number of aliphatic hydroxyl groups excluding tert-OH is 1. The van der Waals surface area contributed by atoms with Crippen LogP contribution >= 0.6 is 11.6 Å². The molecular weight excluding hydrogens is 300 g/mol. The van der Waals surface area contributed by atoms with E-state index in [0.717, 1.165) is 5.56 Å². The molecule has 1 aromatic rings. The SMILES string of the molecule is Cc1ccc(NS(=O)(=O)N2CCC(CO)CC2)cc1Cl. The predicted octanol–water partition coefficient (Wildman–Crippen LogP) is 2.01. The minimum Gasteiger partial charge on any atom is -0.396 e. The maximum atomic E-state index is 12.3. The average molecular weight is 319 g/mol. The van der Waals surface area contributed by atoms with E-state index >= 15 is 0 Å². The van der Waals surface area contributed by atoms with Crippen LogP contribution in [-0.4, -0.2) is 37.5 Å². The number of rotatable bonds is 4. The minimum atomic E-state index is -3.55. The standard InChI is InChI=1S/C13H19ClN2O3S/c1-10-2-3-12(8-13(10)14)15-20(18,19)16-6-4-11(9-17)5-7-16/h2-3,8,11,15,17H,4-7,9H2,1H3. The van der Waals surface area contributed by atoms with E-state index in [-0.39, 0.29) is 12.5 Å². The van der Waals surface area contributed by atoms with Crippen LogP contribution in [0, 0.1) is 12.8 Å². The smallest absolute Gasteiger partial charge is 0.301 e. The molecule has 20 heavy (non-hydrogen) atoms. The molecule has 0 amide bonds. The number of nitrogens with zero attached hydrogens (tertiary/aromatic N) is 1. The van der Waals surface area contributed by atoms with E-state index < -0.39 is 10.2 Å². The number of halogens is 1. The Balaban J connectivity index is 2.05. The molecule has 7 heteroatoms. The van der Waals surface area contributed by atoms with Crippen LogP contribution in [0.1, 0.15) is 18.4 Å². The molecule has 0 unspecified atom stereocenters. The van der Waals surface area contributed by atoms with E-state index in [1.807, 2.05) is 6.92 Å². The Morgan fingerprint density at radius 3 is 2.60 bits per heavy atom. The van der Waals surface area contributed by atoms with Crippen molar-refractivity contribution in [3.63, 3.8) is 0 Å². The van der Waals surface area contributed by atoms with Gasteiger partial charge in [0.1, 0.15) is 0 Å². The van der Waals surface area contributed by atoms with Crippen LogP contribution in [0.4, 0.5) is 5.69 Å². The van der Waals surface area contributed by atoms with Crippen molar-refractivity contribution in [2.75, 3.05) is 24.4 Å². The monoisotopic (exact) mass is 318 g/mol. The zero-order valence-corrected chi connectivity index (χ0v) is 12.9. The number of hydrogen-bond donors (Lipinski definition) is 2. The molecule has 2 N–H and O–H groups in total. The first-order chi connectivity index (χ1) is 9.42. The summed E-state index contributed by atoms with van der Waals surface area (Å²) < 4.78 is 28.5. The number of nitrogens with one attached hydrogen (secondary N) is 1. The van der Waals surface area contributed by atoms with Crippen molar-refractivity contribution in [3.05, 3.63) is 28.8 Å². The fourth-order valence-corrected chi connectivity index (χ4v) is 3.63.